The van der Waals surface area contributed by atoms with Crippen molar-refractivity contribution in [3.8, 4) is 0 Å². The van der Waals surface area contributed by atoms with E-state index in [1.165, 1.54) is 10.4 Å². The average Bonchev–Trinajstić information content (AvgIpc) is 2.90. The third-order valence-electron chi connectivity index (χ3n) is 4.02. The van der Waals surface area contributed by atoms with E-state index >= 15 is 0 Å². The minimum absolute atomic E-state index is 0.00454. The van der Waals surface area contributed by atoms with Gasteiger partial charge in [0.15, 0.2) is 0 Å². The zero-order valence-electron chi connectivity index (χ0n) is 12.6. The van der Waals surface area contributed by atoms with Crippen molar-refractivity contribution in [3.63, 3.8) is 0 Å². The van der Waals surface area contributed by atoms with E-state index in [1.54, 1.807) is 23.3 Å². The number of amides is 2. The summed E-state index contributed by atoms with van der Waals surface area (Å²) in [6, 6.07) is 9.59. The molecule has 0 saturated heterocycles. The number of para-hydroxylation sites is 1. The summed E-state index contributed by atoms with van der Waals surface area (Å²) in [6.45, 7) is 2.64. The molecule has 1 aliphatic heterocycles. The van der Waals surface area contributed by atoms with Gasteiger partial charge in [-0.25, -0.2) is 0 Å². The van der Waals surface area contributed by atoms with Crippen LogP contribution in [-0.4, -0.2) is 23.8 Å². The number of anilines is 1. The smallest absolute Gasteiger partial charge is 0.230 e. The van der Waals surface area contributed by atoms with Gasteiger partial charge in [0.05, 0.1) is 12.5 Å². The van der Waals surface area contributed by atoms with E-state index in [0.717, 1.165) is 11.3 Å². The third-order valence-corrected chi connectivity index (χ3v) is 5.03. The molecule has 2 aromatic rings. The molecule has 0 radical (unpaired) electrons. The Morgan fingerprint density at radius 3 is 2.86 bits per heavy atom. The normalized spacial score (nSPS) is 16.8. The second-order valence-electron chi connectivity index (χ2n) is 5.61. The maximum Gasteiger partial charge on any atom is 0.230 e. The quantitative estimate of drug-likeness (QED) is 0.946. The van der Waals surface area contributed by atoms with Crippen molar-refractivity contribution in [3.05, 3.63) is 51.7 Å². The average molecular weight is 314 g/mol. The summed E-state index contributed by atoms with van der Waals surface area (Å²) in [5.41, 5.74) is 2.85. The fourth-order valence-electron chi connectivity index (χ4n) is 2.76. The van der Waals surface area contributed by atoms with Crippen LogP contribution in [0.25, 0.3) is 0 Å². The summed E-state index contributed by atoms with van der Waals surface area (Å²) in [5.74, 6) is -0.497. The number of carbonyl (C=O) groups excluding carboxylic acids is 2. The van der Waals surface area contributed by atoms with Crippen LogP contribution in [0.5, 0.6) is 0 Å². The van der Waals surface area contributed by atoms with Crippen LogP contribution < -0.4 is 5.32 Å². The molecule has 1 N–H and O–H groups in total. The van der Waals surface area contributed by atoms with Crippen LogP contribution in [0.4, 0.5) is 5.69 Å². The molecular formula is C17H18N2O2S. The first kappa shape index (κ1) is 14.8. The highest BCUT2D eigenvalue weighted by atomic mass is 32.1. The van der Waals surface area contributed by atoms with Gasteiger partial charge < -0.3 is 10.2 Å². The Labute approximate surface area is 133 Å². The standard InChI is InChI=1S/C17H18N2O2S/c1-11-7-8-22-15(11)10-19(2)17(21)13-9-16(20)18-14-6-4-3-5-12(13)14/h3-8,13H,9-10H2,1-2H3,(H,18,20)/t13-/m1/s1. The number of hydrogen-bond acceptors (Lipinski definition) is 3. The second-order valence-corrected chi connectivity index (χ2v) is 6.61. The van der Waals surface area contributed by atoms with Crippen LogP contribution in [0.1, 0.15) is 28.3 Å². The molecule has 0 saturated carbocycles. The highest BCUT2D eigenvalue weighted by molar-refractivity contribution is 7.10. The highest BCUT2D eigenvalue weighted by Gasteiger charge is 2.32. The predicted octanol–water partition coefficient (Wildman–Crippen LogP) is 3.14. The molecule has 3 rings (SSSR count). The lowest BCUT2D eigenvalue weighted by atomic mass is 9.89. The van der Waals surface area contributed by atoms with Crippen molar-refractivity contribution >= 4 is 28.8 Å². The van der Waals surface area contributed by atoms with Crippen molar-refractivity contribution in [1.29, 1.82) is 0 Å². The van der Waals surface area contributed by atoms with E-state index in [4.69, 9.17) is 0 Å². The Morgan fingerprint density at radius 2 is 2.14 bits per heavy atom. The lowest BCUT2D eigenvalue weighted by Gasteiger charge is -2.28. The lowest BCUT2D eigenvalue weighted by molar-refractivity contribution is -0.134. The predicted molar refractivity (Wildman–Crippen MR) is 88.0 cm³/mol. The Kier molecular flexibility index (Phi) is 3.98. The number of likely N-dealkylation sites (N-methyl/N-ethyl adjacent to an activating group) is 1. The second kappa shape index (κ2) is 5.93. The molecule has 2 amide bonds. The Balaban J connectivity index is 1.83. The molecule has 0 aliphatic carbocycles. The molecule has 2 heterocycles. The largest absolute Gasteiger partial charge is 0.340 e. The maximum atomic E-state index is 12.8. The maximum absolute atomic E-state index is 12.8. The number of nitrogens with one attached hydrogen (secondary N) is 1. The Bertz CT molecular complexity index is 723. The van der Waals surface area contributed by atoms with E-state index in [-0.39, 0.29) is 18.2 Å². The number of hydrogen-bond donors (Lipinski definition) is 1. The molecule has 4 nitrogen and oxygen atoms in total. The van der Waals surface area contributed by atoms with Crippen LogP contribution in [-0.2, 0) is 16.1 Å². The van der Waals surface area contributed by atoms with Gasteiger partial charge in [-0.15, -0.1) is 11.3 Å². The van der Waals surface area contributed by atoms with Crippen LogP contribution >= 0.6 is 11.3 Å². The van der Waals surface area contributed by atoms with Crippen LogP contribution in [0, 0.1) is 6.92 Å². The molecule has 0 spiro atoms. The number of nitrogens with zero attached hydrogens (tertiary/aromatic N) is 1. The number of aryl methyl sites for hydroxylation is 1. The van der Waals surface area contributed by atoms with Gasteiger partial charge in [0, 0.05) is 24.0 Å². The molecule has 0 bridgehead atoms. The van der Waals surface area contributed by atoms with Crippen LogP contribution in [0.3, 0.4) is 0 Å². The molecule has 5 heteroatoms. The summed E-state index contributed by atoms with van der Waals surface area (Å²) in [5, 5.41) is 4.86. The van der Waals surface area contributed by atoms with E-state index in [0.29, 0.717) is 6.54 Å². The molecule has 0 fully saturated rings. The Hall–Kier alpha value is -2.14. The summed E-state index contributed by atoms with van der Waals surface area (Å²) in [4.78, 5) is 27.6. The summed E-state index contributed by atoms with van der Waals surface area (Å²) in [6.07, 6.45) is 0.212. The molecule has 1 aromatic heterocycles. The lowest BCUT2D eigenvalue weighted by Crippen LogP contribution is -2.36. The van der Waals surface area contributed by atoms with Crippen molar-refractivity contribution < 1.29 is 9.59 Å². The number of fused-ring (bicyclic) bond motifs is 1. The third kappa shape index (κ3) is 2.76. The fraction of sp³-hybridized carbons (Fsp3) is 0.294. The minimum atomic E-state index is -0.393. The van der Waals surface area contributed by atoms with Gasteiger partial charge >= 0.3 is 0 Å². The van der Waals surface area contributed by atoms with Crippen molar-refractivity contribution in [2.24, 2.45) is 0 Å². The molecule has 114 valence electrons. The SMILES string of the molecule is Cc1ccsc1CN(C)C(=O)[C@@H]1CC(=O)Nc2ccccc21. The molecule has 22 heavy (non-hydrogen) atoms. The molecule has 1 aromatic carbocycles. The summed E-state index contributed by atoms with van der Waals surface area (Å²) >= 11 is 1.65. The zero-order valence-corrected chi connectivity index (χ0v) is 13.4. The van der Waals surface area contributed by atoms with E-state index in [9.17, 15) is 9.59 Å². The van der Waals surface area contributed by atoms with Gasteiger partial charge in [-0.1, -0.05) is 18.2 Å². The van der Waals surface area contributed by atoms with Crippen molar-refractivity contribution in [1.82, 2.24) is 4.90 Å². The molecule has 1 atom stereocenters. The summed E-state index contributed by atoms with van der Waals surface area (Å²) < 4.78 is 0. The van der Waals surface area contributed by atoms with E-state index in [1.807, 2.05) is 36.6 Å². The zero-order chi connectivity index (χ0) is 15.7. The van der Waals surface area contributed by atoms with Gasteiger partial charge in [0.2, 0.25) is 11.8 Å². The van der Waals surface area contributed by atoms with E-state index in [2.05, 4.69) is 11.4 Å². The monoisotopic (exact) mass is 314 g/mol. The molecule has 0 unspecified atom stereocenters. The first-order chi connectivity index (χ1) is 10.6. The van der Waals surface area contributed by atoms with E-state index < -0.39 is 5.92 Å². The topological polar surface area (TPSA) is 49.4 Å². The first-order valence-electron chi connectivity index (χ1n) is 7.23. The molecular weight excluding hydrogens is 296 g/mol. The number of carbonyl (C=O) groups is 2. The fourth-order valence-corrected chi connectivity index (χ4v) is 3.72. The number of rotatable bonds is 3. The van der Waals surface area contributed by atoms with Crippen molar-refractivity contribution in [2.45, 2.75) is 25.8 Å². The first-order valence-corrected chi connectivity index (χ1v) is 8.11. The number of thiophene rings is 1. The van der Waals surface area contributed by atoms with Gasteiger partial charge in [-0.05, 0) is 35.6 Å². The van der Waals surface area contributed by atoms with Crippen LogP contribution in [0.15, 0.2) is 35.7 Å². The highest BCUT2D eigenvalue weighted by Crippen LogP contribution is 2.33. The van der Waals surface area contributed by atoms with Gasteiger partial charge in [0.1, 0.15) is 0 Å². The Morgan fingerprint density at radius 1 is 1.36 bits per heavy atom. The van der Waals surface area contributed by atoms with Gasteiger partial charge in [-0.3, -0.25) is 9.59 Å². The van der Waals surface area contributed by atoms with Crippen molar-refractivity contribution in [2.75, 3.05) is 12.4 Å². The van der Waals surface area contributed by atoms with Gasteiger partial charge in [-0.2, -0.15) is 0 Å². The van der Waals surface area contributed by atoms with Gasteiger partial charge in [0.25, 0.3) is 0 Å². The van der Waals surface area contributed by atoms with Crippen LogP contribution in [0.2, 0.25) is 0 Å². The minimum Gasteiger partial charge on any atom is -0.340 e. The number of benzene rings is 1. The summed E-state index contributed by atoms with van der Waals surface area (Å²) in [7, 11) is 1.80. The molecule has 1 aliphatic rings.